The molecule has 2 N–H and O–H groups in total. The van der Waals surface area contributed by atoms with Crippen molar-refractivity contribution in [3.05, 3.63) is 89.5 Å². The van der Waals surface area contributed by atoms with Crippen molar-refractivity contribution in [1.82, 2.24) is 9.88 Å². The molecule has 1 aromatic heterocycles. The van der Waals surface area contributed by atoms with Crippen molar-refractivity contribution in [1.29, 1.82) is 0 Å². The SMILES string of the molecule is CC(C)(C)c1ccc(C(=O)NCc2ccc(-c3cc4c(NC5CCSCC5)cccc4n3CC(F)(F)F)cc2)cc1. The minimum Gasteiger partial charge on any atom is -0.382 e. The van der Waals surface area contributed by atoms with Crippen molar-refractivity contribution in [3.63, 3.8) is 0 Å². The van der Waals surface area contributed by atoms with Gasteiger partial charge in [0.1, 0.15) is 6.54 Å². The van der Waals surface area contributed by atoms with Gasteiger partial charge in [-0.1, -0.05) is 63.2 Å². The van der Waals surface area contributed by atoms with E-state index in [1.807, 2.05) is 78.5 Å². The van der Waals surface area contributed by atoms with E-state index in [4.69, 9.17) is 0 Å². The fourth-order valence-electron chi connectivity index (χ4n) is 5.26. The van der Waals surface area contributed by atoms with Gasteiger partial charge in [-0.15, -0.1) is 0 Å². The molecule has 0 saturated carbocycles. The van der Waals surface area contributed by atoms with Gasteiger partial charge in [-0.25, -0.2) is 0 Å². The van der Waals surface area contributed by atoms with Crippen LogP contribution in [0, 0.1) is 0 Å². The lowest BCUT2D eigenvalue weighted by molar-refractivity contribution is -0.139. The molecule has 1 saturated heterocycles. The summed E-state index contributed by atoms with van der Waals surface area (Å²) in [6.45, 7) is 5.63. The van der Waals surface area contributed by atoms with Crippen LogP contribution in [-0.2, 0) is 18.5 Å². The second kappa shape index (κ2) is 11.8. The summed E-state index contributed by atoms with van der Waals surface area (Å²) in [6.07, 6.45) is -2.28. The molecular weight excluding hydrogens is 543 g/mol. The summed E-state index contributed by atoms with van der Waals surface area (Å²) in [4.78, 5) is 12.7. The third kappa shape index (κ3) is 7.10. The second-order valence-corrected chi connectivity index (χ2v) is 12.9. The number of alkyl halides is 3. The fourth-order valence-corrected chi connectivity index (χ4v) is 6.37. The topological polar surface area (TPSA) is 46.1 Å². The van der Waals surface area contributed by atoms with Gasteiger partial charge in [0.25, 0.3) is 5.91 Å². The zero-order chi connectivity index (χ0) is 29.2. The quantitative estimate of drug-likeness (QED) is 0.231. The number of carbonyl (C=O) groups excluding carboxylic acids is 1. The highest BCUT2D eigenvalue weighted by Gasteiger charge is 2.30. The maximum atomic E-state index is 13.7. The molecule has 4 aromatic rings. The Bertz CT molecular complexity index is 1500. The van der Waals surface area contributed by atoms with Crippen LogP contribution in [0.25, 0.3) is 22.2 Å². The van der Waals surface area contributed by atoms with E-state index in [9.17, 15) is 18.0 Å². The number of aromatic nitrogens is 1. The summed E-state index contributed by atoms with van der Waals surface area (Å²) in [5.41, 5.74) is 5.25. The van der Waals surface area contributed by atoms with Gasteiger partial charge in [0, 0.05) is 34.9 Å². The van der Waals surface area contributed by atoms with Crippen molar-refractivity contribution in [3.8, 4) is 11.3 Å². The number of fused-ring (bicyclic) bond motifs is 1. The maximum absolute atomic E-state index is 13.7. The predicted molar refractivity (Wildman–Crippen MR) is 164 cm³/mol. The van der Waals surface area contributed by atoms with Crippen molar-refractivity contribution in [2.24, 2.45) is 0 Å². The zero-order valence-corrected chi connectivity index (χ0v) is 24.5. The number of nitrogens with zero attached hydrogens (tertiary/aromatic N) is 1. The monoisotopic (exact) mass is 579 g/mol. The molecule has 8 heteroatoms. The Morgan fingerprint density at radius 1 is 0.951 bits per heavy atom. The van der Waals surface area contributed by atoms with Crippen LogP contribution in [0.2, 0.25) is 0 Å². The Kier molecular flexibility index (Phi) is 8.41. The van der Waals surface area contributed by atoms with Crippen molar-refractivity contribution in [2.75, 3.05) is 16.8 Å². The van der Waals surface area contributed by atoms with Crippen molar-refractivity contribution < 1.29 is 18.0 Å². The molecule has 1 fully saturated rings. The number of amides is 1. The van der Waals surface area contributed by atoms with E-state index < -0.39 is 12.7 Å². The normalized spacial score (nSPS) is 14.8. The molecule has 0 unspecified atom stereocenters. The van der Waals surface area contributed by atoms with E-state index in [0.29, 0.717) is 34.9 Å². The summed E-state index contributed by atoms with van der Waals surface area (Å²) < 4.78 is 42.4. The minimum absolute atomic E-state index is 0.00919. The molecule has 41 heavy (non-hydrogen) atoms. The Hall–Kier alpha value is -3.39. The highest BCUT2D eigenvalue weighted by Crippen LogP contribution is 2.36. The number of nitrogens with one attached hydrogen (secondary N) is 2. The van der Waals surface area contributed by atoms with Crippen LogP contribution in [-0.4, -0.2) is 34.2 Å². The average molecular weight is 580 g/mol. The number of thioether (sulfide) groups is 1. The second-order valence-electron chi connectivity index (χ2n) is 11.7. The predicted octanol–water partition coefficient (Wildman–Crippen LogP) is 8.41. The van der Waals surface area contributed by atoms with Gasteiger partial charge in [-0.05, 0) is 76.8 Å². The molecule has 0 atom stereocenters. The minimum atomic E-state index is -4.36. The highest BCUT2D eigenvalue weighted by atomic mass is 32.2. The van der Waals surface area contributed by atoms with E-state index in [2.05, 4.69) is 31.4 Å². The first-order chi connectivity index (χ1) is 19.5. The number of hydrogen-bond donors (Lipinski definition) is 2. The van der Waals surface area contributed by atoms with Gasteiger partial charge in [0.15, 0.2) is 0 Å². The molecule has 0 aliphatic carbocycles. The van der Waals surface area contributed by atoms with Crippen molar-refractivity contribution >= 4 is 34.3 Å². The molecule has 4 nitrogen and oxygen atoms in total. The number of anilines is 1. The molecule has 1 aliphatic rings. The van der Waals surface area contributed by atoms with E-state index in [-0.39, 0.29) is 11.3 Å². The molecular formula is C33H36F3N3OS. The Morgan fingerprint density at radius 3 is 2.27 bits per heavy atom. The summed E-state index contributed by atoms with van der Waals surface area (Å²) >= 11 is 1.94. The summed E-state index contributed by atoms with van der Waals surface area (Å²) in [7, 11) is 0. The van der Waals surface area contributed by atoms with Crippen LogP contribution in [0.3, 0.4) is 0 Å². The number of benzene rings is 3. The first-order valence-electron chi connectivity index (χ1n) is 14.0. The lowest BCUT2D eigenvalue weighted by atomic mass is 9.87. The summed E-state index contributed by atoms with van der Waals surface area (Å²) in [6, 6.07) is 22.7. The lowest BCUT2D eigenvalue weighted by Crippen LogP contribution is -2.24. The van der Waals surface area contributed by atoms with Gasteiger partial charge < -0.3 is 15.2 Å². The summed E-state index contributed by atoms with van der Waals surface area (Å²) in [5, 5.41) is 7.32. The number of carbonyl (C=O) groups is 1. The first kappa shape index (κ1) is 29.1. The molecule has 1 aliphatic heterocycles. The third-order valence-electron chi connectivity index (χ3n) is 7.58. The fraction of sp³-hybridized carbons (Fsp3) is 0.364. The van der Waals surface area contributed by atoms with Crippen LogP contribution >= 0.6 is 11.8 Å². The van der Waals surface area contributed by atoms with Crippen LogP contribution in [0.4, 0.5) is 18.9 Å². The van der Waals surface area contributed by atoms with E-state index in [1.54, 1.807) is 6.07 Å². The Morgan fingerprint density at radius 2 is 1.63 bits per heavy atom. The Labute approximate surface area is 243 Å². The number of halogens is 3. The van der Waals surface area contributed by atoms with Gasteiger partial charge in [-0.2, -0.15) is 24.9 Å². The van der Waals surface area contributed by atoms with Crippen LogP contribution in [0.5, 0.6) is 0 Å². The van der Waals surface area contributed by atoms with Crippen LogP contribution < -0.4 is 10.6 Å². The van der Waals surface area contributed by atoms with Gasteiger partial charge in [0.2, 0.25) is 0 Å². The zero-order valence-electron chi connectivity index (χ0n) is 23.6. The Balaban J connectivity index is 1.36. The third-order valence-corrected chi connectivity index (χ3v) is 8.63. The summed E-state index contributed by atoms with van der Waals surface area (Å²) in [5.74, 6) is 2.01. The van der Waals surface area contributed by atoms with Crippen LogP contribution in [0.15, 0.2) is 72.8 Å². The molecule has 3 aromatic carbocycles. The van der Waals surface area contributed by atoms with E-state index >= 15 is 0 Å². The largest absolute Gasteiger partial charge is 0.406 e. The van der Waals surface area contributed by atoms with Crippen molar-refractivity contribution in [2.45, 2.75) is 64.3 Å². The molecule has 216 valence electrons. The van der Waals surface area contributed by atoms with E-state index in [0.717, 1.165) is 46.5 Å². The van der Waals surface area contributed by atoms with Gasteiger partial charge >= 0.3 is 6.18 Å². The molecule has 5 rings (SSSR count). The number of rotatable bonds is 7. The standard InChI is InChI=1S/C33H36F3N3OS/c1-32(2,3)25-13-11-24(12-14-25)31(40)37-20-22-7-9-23(10-8-22)30-19-27-28(38-26-15-17-41-18-16-26)5-4-6-29(27)39(30)21-33(34,35)36/h4-14,19,26,38H,15-18,20-21H2,1-3H3,(H,37,40). The number of hydrogen-bond acceptors (Lipinski definition) is 3. The lowest BCUT2D eigenvalue weighted by Gasteiger charge is -2.24. The highest BCUT2D eigenvalue weighted by molar-refractivity contribution is 7.99. The smallest absolute Gasteiger partial charge is 0.382 e. The molecule has 2 heterocycles. The van der Waals surface area contributed by atoms with Gasteiger partial charge in [-0.3, -0.25) is 4.79 Å². The molecule has 1 amide bonds. The van der Waals surface area contributed by atoms with Gasteiger partial charge in [0.05, 0.1) is 5.52 Å². The molecule has 0 bridgehead atoms. The van der Waals surface area contributed by atoms with E-state index in [1.165, 1.54) is 4.57 Å². The maximum Gasteiger partial charge on any atom is 0.406 e. The average Bonchev–Trinajstić information content (AvgIpc) is 3.30. The first-order valence-corrected chi connectivity index (χ1v) is 15.1. The molecule has 0 radical (unpaired) electrons. The molecule has 0 spiro atoms. The van der Waals surface area contributed by atoms with Crippen LogP contribution in [0.1, 0.15) is 55.1 Å².